The fraction of sp³-hybridized carbons (Fsp3) is 0.0909. The predicted octanol–water partition coefficient (Wildman–Crippen LogP) is 4.53. The van der Waals surface area contributed by atoms with Gasteiger partial charge in [0.2, 0.25) is 5.76 Å². The van der Waals surface area contributed by atoms with Crippen molar-refractivity contribution in [3.8, 4) is 5.75 Å². The number of hydrogen-bond donors (Lipinski definition) is 1. The van der Waals surface area contributed by atoms with Crippen LogP contribution in [0.3, 0.4) is 0 Å². The number of rotatable bonds is 5. The van der Waals surface area contributed by atoms with Crippen LogP contribution in [0.5, 0.6) is 5.75 Å². The van der Waals surface area contributed by atoms with Gasteiger partial charge in [0.1, 0.15) is 11.5 Å². The van der Waals surface area contributed by atoms with E-state index < -0.39 is 5.97 Å². The number of methoxy groups -OCH3 is 1. The molecule has 4 rings (SSSR count). The van der Waals surface area contributed by atoms with Gasteiger partial charge in [0.25, 0.3) is 0 Å². The fourth-order valence-electron chi connectivity index (χ4n) is 3.07. The van der Waals surface area contributed by atoms with E-state index in [2.05, 4.69) is 9.73 Å². The molecule has 0 saturated carbocycles. The Kier molecular flexibility index (Phi) is 4.68. The van der Waals surface area contributed by atoms with E-state index in [0.717, 1.165) is 16.5 Å². The van der Waals surface area contributed by atoms with Gasteiger partial charge in [0.05, 0.1) is 19.3 Å². The largest absolute Gasteiger partial charge is 0.508 e. The van der Waals surface area contributed by atoms with Crippen molar-refractivity contribution in [2.75, 3.05) is 7.11 Å². The first-order valence-electron chi connectivity index (χ1n) is 8.72. The number of aliphatic imine (C=N–C) groups is 1. The molecule has 0 aliphatic rings. The van der Waals surface area contributed by atoms with Crippen molar-refractivity contribution in [2.45, 2.75) is 6.54 Å². The minimum atomic E-state index is -0.498. The molecule has 0 spiro atoms. The van der Waals surface area contributed by atoms with Crippen LogP contribution in [-0.4, -0.2) is 29.0 Å². The maximum absolute atomic E-state index is 11.6. The number of aromatic nitrogens is 1. The summed E-state index contributed by atoms with van der Waals surface area (Å²) >= 11 is 0. The van der Waals surface area contributed by atoms with Crippen molar-refractivity contribution in [2.24, 2.45) is 4.99 Å². The molecule has 1 N–H and O–H groups in total. The van der Waals surface area contributed by atoms with Gasteiger partial charge in [-0.2, -0.15) is 0 Å². The van der Waals surface area contributed by atoms with Crippen LogP contribution in [-0.2, 0) is 11.3 Å². The Morgan fingerprint density at radius 1 is 1.18 bits per heavy atom. The van der Waals surface area contributed by atoms with Gasteiger partial charge in [-0.05, 0) is 30.3 Å². The van der Waals surface area contributed by atoms with E-state index >= 15 is 0 Å². The molecule has 0 aliphatic heterocycles. The highest BCUT2D eigenvalue weighted by Crippen LogP contribution is 2.24. The summed E-state index contributed by atoms with van der Waals surface area (Å²) in [4.78, 5) is 16.0. The molecule has 0 radical (unpaired) electrons. The summed E-state index contributed by atoms with van der Waals surface area (Å²) in [5, 5.41) is 10.6. The highest BCUT2D eigenvalue weighted by Gasteiger charge is 2.13. The first kappa shape index (κ1) is 17.6. The zero-order chi connectivity index (χ0) is 19.5. The molecule has 0 amide bonds. The van der Waals surface area contributed by atoms with E-state index in [9.17, 15) is 9.90 Å². The Balaban J connectivity index is 1.66. The van der Waals surface area contributed by atoms with Crippen LogP contribution < -0.4 is 0 Å². The number of benzene rings is 2. The van der Waals surface area contributed by atoms with Crippen LogP contribution in [0.15, 0.2) is 76.3 Å². The number of hydrogen-bond acceptors (Lipinski definition) is 5. The van der Waals surface area contributed by atoms with E-state index in [4.69, 9.17) is 4.42 Å². The van der Waals surface area contributed by atoms with Crippen LogP contribution in [0, 0.1) is 0 Å². The highest BCUT2D eigenvalue weighted by atomic mass is 16.5. The van der Waals surface area contributed by atoms with Gasteiger partial charge >= 0.3 is 5.97 Å². The van der Waals surface area contributed by atoms with Crippen molar-refractivity contribution >= 4 is 28.8 Å². The van der Waals surface area contributed by atoms with Crippen molar-refractivity contribution < 1.29 is 19.1 Å². The molecule has 6 heteroatoms. The summed E-state index contributed by atoms with van der Waals surface area (Å²) in [6, 6.07) is 18.1. The number of carbonyl (C=O) groups is 1. The van der Waals surface area contributed by atoms with E-state index in [-0.39, 0.29) is 11.5 Å². The smallest absolute Gasteiger partial charge is 0.373 e. The third kappa shape index (κ3) is 3.53. The Bertz CT molecular complexity index is 1170. The van der Waals surface area contributed by atoms with Gasteiger partial charge in [-0.3, -0.25) is 4.99 Å². The van der Waals surface area contributed by atoms with Crippen LogP contribution in [0.1, 0.15) is 21.9 Å². The Hall–Kier alpha value is -3.80. The molecular formula is C22H18N2O4. The number of phenolic OH excluding ortho intramolecular Hbond substituents is 1. The lowest BCUT2D eigenvalue weighted by atomic mass is 10.2. The lowest BCUT2D eigenvalue weighted by Crippen LogP contribution is -1.99. The third-order valence-corrected chi connectivity index (χ3v) is 4.38. The van der Waals surface area contributed by atoms with E-state index in [0.29, 0.717) is 18.0 Å². The fourth-order valence-corrected chi connectivity index (χ4v) is 3.07. The minimum absolute atomic E-state index is 0.177. The second-order valence-corrected chi connectivity index (χ2v) is 6.27. The topological polar surface area (TPSA) is 77.0 Å². The predicted molar refractivity (Wildman–Crippen MR) is 106 cm³/mol. The van der Waals surface area contributed by atoms with Gasteiger partial charge in [-0.25, -0.2) is 4.79 Å². The molecule has 2 aromatic carbocycles. The summed E-state index contributed by atoms with van der Waals surface area (Å²) in [7, 11) is 1.32. The molecular weight excluding hydrogens is 356 g/mol. The van der Waals surface area contributed by atoms with E-state index in [1.807, 2.05) is 41.1 Å². The van der Waals surface area contributed by atoms with Crippen molar-refractivity contribution in [1.82, 2.24) is 4.57 Å². The Labute approximate surface area is 161 Å². The Morgan fingerprint density at radius 2 is 2.04 bits per heavy atom. The second kappa shape index (κ2) is 7.44. The highest BCUT2D eigenvalue weighted by molar-refractivity contribution is 6.00. The molecule has 0 saturated heterocycles. The third-order valence-electron chi connectivity index (χ3n) is 4.38. The van der Waals surface area contributed by atoms with Gasteiger partial charge < -0.3 is 18.8 Å². The average molecular weight is 374 g/mol. The molecule has 140 valence electrons. The summed E-state index contributed by atoms with van der Waals surface area (Å²) in [6.07, 6.45) is 3.76. The molecule has 0 fully saturated rings. The monoisotopic (exact) mass is 374 g/mol. The van der Waals surface area contributed by atoms with Gasteiger partial charge in [-0.1, -0.05) is 24.3 Å². The van der Waals surface area contributed by atoms with Crippen molar-refractivity contribution in [3.63, 3.8) is 0 Å². The molecule has 4 aromatic rings. The van der Waals surface area contributed by atoms with E-state index in [1.54, 1.807) is 36.5 Å². The maximum atomic E-state index is 11.6. The van der Waals surface area contributed by atoms with Gasteiger partial charge in [0.15, 0.2) is 0 Å². The molecule has 0 aliphatic carbocycles. The SMILES string of the molecule is COC(=O)c1ccc(Cn2cc(C=Nc3cccc(O)c3)c3ccccc32)o1. The number of carbonyl (C=O) groups excluding carboxylic acids is 1. The number of fused-ring (bicyclic) bond motifs is 1. The number of aromatic hydroxyl groups is 1. The standard InChI is InChI=1S/C22H18N2O4/c1-27-22(26)21-10-9-18(28-21)14-24-13-15(19-7-2-3-8-20(19)24)12-23-16-5-4-6-17(25)11-16/h2-13,25H,14H2,1H3. The molecule has 0 bridgehead atoms. The molecule has 28 heavy (non-hydrogen) atoms. The number of esters is 1. The quantitative estimate of drug-likeness (QED) is 0.411. The molecule has 2 aromatic heterocycles. The summed E-state index contributed by atoms with van der Waals surface area (Å²) in [5.41, 5.74) is 2.64. The lowest BCUT2D eigenvalue weighted by Gasteiger charge is -2.02. The van der Waals surface area contributed by atoms with Gasteiger partial charge in [0, 0.05) is 34.9 Å². The second-order valence-electron chi connectivity index (χ2n) is 6.27. The molecule has 6 nitrogen and oxygen atoms in total. The van der Waals surface area contributed by atoms with Crippen LogP contribution in [0.4, 0.5) is 5.69 Å². The average Bonchev–Trinajstić information content (AvgIpc) is 3.31. The minimum Gasteiger partial charge on any atom is -0.508 e. The van der Waals surface area contributed by atoms with Crippen molar-refractivity contribution in [3.05, 3.63) is 83.9 Å². The number of furan rings is 1. The normalized spacial score (nSPS) is 11.3. The zero-order valence-electron chi connectivity index (χ0n) is 15.2. The number of phenols is 1. The lowest BCUT2D eigenvalue weighted by molar-refractivity contribution is 0.0563. The van der Waals surface area contributed by atoms with Crippen molar-refractivity contribution in [1.29, 1.82) is 0 Å². The first-order chi connectivity index (χ1) is 13.6. The maximum Gasteiger partial charge on any atom is 0.373 e. The van der Waals surface area contributed by atoms with Crippen LogP contribution >= 0.6 is 0 Å². The van der Waals surface area contributed by atoms with Crippen LogP contribution in [0.2, 0.25) is 0 Å². The molecule has 2 heterocycles. The number of para-hydroxylation sites is 1. The van der Waals surface area contributed by atoms with E-state index in [1.165, 1.54) is 7.11 Å². The Morgan fingerprint density at radius 3 is 2.86 bits per heavy atom. The molecule has 0 unspecified atom stereocenters. The summed E-state index contributed by atoms with van der Waals surface area (Å²) < 4.78 is 12.3. The molecule has 0 atom stereocenters. The zero-order valence-corrected chi connectivity index (χ0v) is 15.2. The summed E-state index contributed by atoms with van der Waals surface area (Å²) in [5.74, 6) is 0.510. The number of nitrogens with zero attached hydrogens (tertiary/aromatic N) is 2. The number of ether oxygens (including phenoxy) is 1. The van der Waals surface area contributed by atoms with Gasteiger partial charge in [-0.15, -0.1) is 0 Å². The summed E-state index contributed by atoms with van der Waals surface area (Å²) in [6.45, 7) is 0.470. The van der Waals surface area contributed by atoms with Crippen LogP contribution in [0.25, 0.3) is 10.9 Å². The first-order valence-corrected chi connectivity index (χ1v) is 8.72.